The van der Waals surface area contributed by atoms with Crippen molar-refractivity contribution in [3.8, 4) is 5.75 Å². The quantitative estimate of drug-likeness (QED) is 0.740. The summed E-state index contributed by atoms with van der Waals surface area (Å²) in [5, 5.41) is 0. The van der Waals surface area contributed by atoms with Gasteiger partial charge in [0.05, 0.1) is 18.3 Å². The SMILES string of the molecule is COC1CCOc2ccc(C(F)(F)F)cc21. The summed E-state index contributed by atoms with van der Waals surface area (Å²) in [6, 6.07) is 3.48. The lowest BCUT2D eigenvalue weighted by molar-refractivity contribution is -0.137. The van der Waals surface area contributed by atoms with Gasteiger partial charge in [-0.3, -0.25) is 0 Å². The molecule has 0 radical (unpaired) electrons. The maximum Gasteiger partial charge on any atom is 0.416 e. The summed E-state index contributed by atoms with van der Waals surface area (Å²) in [7, 11) is 1.49. The first-order chi connectivity index (χ1) is 7.52. The number of rotatable bonds is 1. The Morgan fingerprint density at radius 2 is 2.12 bits per heavy atom. The molecule has 1 heterocycles. The number of fused-ring (bicyclic) bond motifs is 1. The van der Waals surface area contributed by atoms with Crippen molar-refractivity contribution >= 4 is 0 Å². The molecule has 0 spiro atoms. The molecule has 1 aliphatic rings. The van der Waals surface area contributed by atoms with E-state index in [2.05, 4.69) is 0 Å². The normalized spacial score (nSPS) is 20.1. The Balaban J connectivity index is 2.43. The molecule has 5 heteroatoms. The second kappa shape index (κ2) is 3.97. The van der Waals surface area contributed by atoms with Crippen LogP contribution in [0.15, 0.2) is 18.2 Å². The monoisotopic (exact) mass is 232 g/mol. The molecule has 0 saturated heterocycles. The van der Waals surface area contributed by atoms with E-state index in [1.807, 2.05) is 0 Å². The van der Waals surface area contributed by atoms with Crippen molar-refractivity contribution in [2.75, 3.05) is 13.7 Å². The summed E-state index contributed by atoms with van der Waals surface area (Å²) >= 11 is 0. The molecule has 1 aromatic carbocycles. The van der Waals surface area contributed by atoms with Crippen molar-refractivity contribution in [1.29, 1.82) is 0 Å². The molecule has 0 bridgehead atoms. The van der Waals surface area contributed by atoms with E-state index in [1.54, 1.807) is 0 Å². The first kappa shape index (κ1) is 11.3. The maximum atomic E-state index is 12.5. The molecule has 0 fully saturated rings. The minimum Gasteiger partial charge on any atom is -0.493 e. The molecule has 0 amide bonds. The first-order valence-electron chi connectivity index (χ1n) is 4.89. The zero-order valence-corrected chi connectivity index (χ0v) is 8.67. The van der Waals surface area contributed by atoms with Gasteiger partial charge in [0.1, 0.15) is 5.75 Å². The average molecular weight is 232 g/mol. The van der Waals surface area contributed by atoms with Crippen molar-refractivity contribution in [1.82, 2.24) is 0 Å². The smallest absolute Gasteiger partial charge is 0.416 e. The van der Waals surface area contributed by atoms with Crippen LogP contribution in [-0.4, -0.2) is 13.7 Å². The fourth-order valence-electron chi connectivity index (χ4n) is 1.78. The van der Waals surface area contributed by atoms with Gasteiger partial charge < -0.3 is 9.47 Å². The van der Waals surface area contributed by atoms with Crippen molar-refractivity contribution in [2.45, 2.75) is 18.7 Å². The Labute approximate surface area is 91.0 Å². The van der Waals surface area contributed by atoms with Gasteiger partial charge in [-0.05, 0) is 18.2 Å². The van der Waals surface area contributed by atoms with Crippen LogP contribution in [-0.2, 0) is 10.9 Å². The van der Waals surface area contributed by atoms with Crippen molar-refractivity contribution < 1.29 is 22.6 Å². The second-order valence-corrected chi connectivity index (χ2v) is 3.61. The Bertz CT molecular complexity index is 387. The van der Waals surface area contributed by atoms with E-state index in [4.69, 9.17) is 9.47 Å². The summed E-state index contributed by atoms with van der Waals surface area (Å²) in [6.07, 6.45) is -4.07. The van der Waals surface area contributed by atoms with E-state index in [0.29, 0.717) is 24.3 Å². The van der Waals surface area contributed by atoms with Gasteiger partial charge in [-0.15, -0.1) is 0 Å². The predicted octanol–water partition coefficient (Wildman–Crippen LogP) is 3.18. The zero-order valence-electron chi connectivity index (χ0n) is 8.67. The Morgan fingerprint density at radius 3 is 2.75 bits per heavy atom. The van der Waals surface area contributed by atoms with Gasteiger partial charge in [-0.25, -0.2) is 0 Å². The van der Waals surface area contributed by atoms with E-state index in [1.165, 1.54) is 13.2 Å². The highest BCUT2D eigenvalue weighted by molar-refractivity contribution is 5.41. The van der Waals surface area contributed by atoms with Gasteiger partial charge >= 0.3 is 6.18 Å². The number of hydrogen-bond acceptors (Lipinski definition) is 2. The average Bonchev–Trinajstić information content (AvgIpc) is 2.26. The third-order valence-electron chi connectivity index (χ3n) is 2.61. The molecule has 0 aliphatic carbocycles. The van der Waals surface area contributed by atoms with E-state index < -0.39 is 11.7 Å². The van der Waals surface area contributed by atoms with Gasteiger partial charge in [0.2, 0.25) is 0 Å². The minimum absolute atomic E-state index is 0.314. The number of alkyl halides is 3. The number of halogens is 3. The van der Waals surface area contributed by atoms with Crippen LogP contribution in [0.2, 0.25) is 0 Å². The van der Waals surface area contributed by atoms with Crippen LogP contribution in [0.3, 0.4) is 0 Å². The second-order valence-electron chi connectivity index (χ2n) is 3.61. The molecule has 2 nitrogen and oxygen atoms in total. The van der Waals surface area contributed by atoms with Gasteiger partial charge in [0, 0.05) is 19.1 Å². The van der Waals surface area contributed by atoms with E-state index in [9.17, 15) is 13.2 Å². The van der Waals surface area contributed by atoms with E-state index in [-0.39, 0.29) is 6.10 Å². The molecule has 0 N–H and O–H groups in total. The number of methoxy groups -OCH3 is 1. The molecule has 1 atom stereocenters. The molecule has 1 aliphatic heterocycles. The van der Waals surface area contributed by atoms with E-state index in [0.717, 1.165) is 12.1 Å². The van der Waals surface area contributed by atoms with Gasteiger partial charge in [0.15, 0.2) is 0 Å². The minimum atomic E-state index is -4.33. The molecule has 0 aromatic heterocycles. The molecule has 0 saturated carbocycles. The third-order valence-corrected chi connectivity index (χ3v) is 2.61. The Hall–Kier alpha value is -1.23. The topological polar surface area (TPSA) is 18.5 Å². The first-order valence-corrected chi connectivity index (χ1v) is 4.89. The fourth-order valence-corrected chi connectivity index (χ4v) is 1.78. The van der Waals surface area contributed by atoms with Crippen LogP contribution in [0.1, 0.15) is 23.7 Å². The highest BCUT2D eigenvalue weighted by atomic mass is 19.4. The lowest BCUT2D eigenvalue weighted by Crippen LogP contribution is -2.17. The van der Waals surface area contributed by atoms with Crippen LogP contribution in [0, 0.1) is 0 Å². The van der Waals surface area contributed by atoms with Gasteiger partial charge in [-0.2, -0.15) is 13.2 Å². The molecular formula is C11H11F3O2. The summed E-state index contributed by atoms with van der Waals surface area (Å²) in [5.74, 6) is 0.478. The Morgan fingerprint density at radius 1 is 1.38 bits per heavy atom. The largest absolute Gasteiger partial charge is 0.493 e. The Kier molecular flexibility index (Phi) is 2.80. The highest BCUT2D eigenvalue weighted by Crippen LogP contribution is 2.38. The molecule has 88 valence electrons. The van der Waals surface area contributed by atoms with Crippen LogP contribution >= 0.6 is 0 Å². The number of hydrogen-bond donors (Lipinski definition) is 0. The molecule has 16 heavy (non-hydrogen) atoms. The number of benzene rings is 1. The lowest BCUT2D eigenvalue weighted by atomic mass is 10.0. The van der Waals surface area contributed by atoms with Crippen molar-refractivity contribution in [3.05, 3.63) is 29.3 Å². The van der Waals surface area contributed by atoms with Crippen molar-refractivity contribution in [2.24, 2.45) is 0 Å². The fraction of sp³-hybridized carbons (Fsp3) is 0.455. The standard InChI is InChI=1S/C11H11F3O2/c1-15-9-4-5-16-10-3-2-7(6-8(9)10)11(12,13)14/h2-3,6,9H,4-5H2,1H3. The van der Waals surface area contributed by atoms with Crippen LogP contribution in [0.25, 0.3) is 0 Å². The van der Waals surface area contributed by atoms with Gasteiger partial charge in [0.25, 0.3) is 0 Å². The molecule has 1 unspecified atom stereocenters. The van der Waals surface area contributed by atoms with Gasteiger partial charge in [-0.1, -0.05) is 0 Å². The number of ether oxygens (including phenoxy) is 2. The maximum absolute atomic E-state index is 12.5. The van der Waals surface area contributed by atoms with E-state index >= 15 is 0 Å². The lowest BCUT2D eigenvalue weighted by Gasteiger charge is -2.25. The summed E-state index contributed by atoms with van der Waals surface area (Å²) in [5.41, 5.74) is -0.192. The summed E-state index contributed by atoms with van der Waals surface area (Å²) in [6.45, 7) is 0.469. The molecule has 1 aromatic rings. The van der Waals surface area contributed by atoms with Crippen LogP contribution in [0.4, 0.5) is 13.2 Å². The predicted molar refractivity (Wildman–Crippen MR) is 51.3 cm³/mol. The summed E-state index contributed by atoms with van der Waals surface area (Å²) in [4.78, 5) is 0. The third kappa shape index (κ3) is 2.00. The molecule has 2 rings (SSSR count). The molecular weight excluding hydrogens is 221 g/mol. The highest BCUT2D eigenvalue weighted by Gasteiger charge is 2.33. The van der Waals surface area contributed by atoms with Crippen LogP contribution < -0.4 is 4.74 Å². The van der Waals surface area contributed by atoms with Crippen molar-refractivity contribution in [3.63, 3.8) is 0 Å². The zero-order chi connectivity index (χ0) is 11.8. The van der Waals surface area contributed by atoms with Crippen LogP contribution in [0.5, 0.6) is 5.75 Å². The summed E-state index contributed by atoms with van der Waals surface area (Å²) < 4.78 is 47.9.